The summed E-state index contributed by atoms with van der Waals surface area (Å²) in [5, 5.41) is 5.75. The standard InChI is InChI=1S/C16H12N4O2/c21-15-14(17-10-11-6-4-5-9-13(11)19-15)20-16(22)18-12-7-2-1-3-8-12/h1-10H,(H2,17,18,19,20,21,22). The maximum Gasteiger partial charge on any atom is 0.325 e. The summed E-state index contributed by atoms with van der Waals surface area (Å²) in [4.78, 5) is 31.8. The number of amides is 2. The minimum atomic E-state index is -0.593. The molecule has 3 rings (SSSR count). The van der Waals surface area contributed by atoms with Crippen LogP contribution in [-0.4, -0.2) is 16.0 Å². The van der Waals surface area contributed by atoms with Crippen LogP contribution in [0.3, 0.4) is 0 Å². The first-order valence-corrected chi connectivity index (χ1v) is 6.61. The summed E-state index contributed by atoms with van der Waals surface area (Å²) < 4.78 is 0. The molecule has 0 aliphatic carbocycles. The van der Waals surface area contributed by atoms with Crippen LogP contribution in [0.1, 0.15) is 0 Å². The third-order valence-electron chi connectivity index (χ3n) is 2.96. The molecule has 0 saturated carbocycles. The lowest BCUT2D eigenvalue weighted by molar-refractivity contribution is 0.262. The van der Waals surface area contributed by atoms with Crippen molar-refractivity contribution in [2.75, 3.05) is 10.6 Å². The van der Waals surface area contributed by atoms with Gasteiger partial charge in [-0.3, -0.25) is 10.1 Å². The molecule has 1 aromatic heterocycles. The lowest BCUT2D eigenvalue weighted by atomic mass is 10.2. The van der Waals surface area contributed by atoms with Crippen LogP contribution in [0, 0.1) is 0 Å². The first kappa shape index (κ1) is 13.7. The first-order chi connectivity index (χ1) is 10.7. The van der Waals surface area contributed by atoms with Gasteiger partial charge in [-0.15, -0.1) is 0 Å². The Balaban J connectivity index is 1.86. The molecular weight excluding hydrogens is 280 g/mol. The van der Waals surface area contributed by atoms with Gasteiger partial charge in [0.25, 0.3) is 0 Å². The van der Waals surface area contributed by atoms with Crippen LogP contribution in [0.25, 0.3) is 10.9 Å². The third kappa shape index (κ3) is 3.06. The number of nitrogens with zero attached hydrogens (tertiary/aromatic N) is 2. The molecule has 6 nitrogen and oxygen atoms in total. The van der Waals surface area contributed by atoms with E-state index in [4.69, 9.17) is 0 Å². The molecule has 2 amide bonds. The number of benzene rings is 2. The largest absolute Gasteiger partial charge is 0.325 e. The highest BCUT2D eigenvalue weighted by atomic mass is 16.2. The van der Waals surface area contributed by atoms with E-state index >= 15 is 0 Å². The predicted octanol–water partition coefficient (Wildman–Crippen LogP) is 2.63. The molecular formula is C16H12N4O2. The fourth-order valence-corrected chi connectivity index (χ4v) is 1.93. The Bertz CT molecular complexity index is 881. The number of carbonyl (C=O) groups is 1. The quantitative estimate of drug-likeness (QED) is 0.760. The number of hydrogen-bond acceptors (Lipinski definition) is 4. The SMILES string of the molecule is O=C(Nc1ccccc1)Nc1ncc2ccccc2nc1=O. The van der Waals surface area contributed by atoms with Gasteiger partial charge >= 0.3 is 11.6 Å². The third-order valence-corrected chi connectivity index (χ3v) is 2.96. The number of hydrogen-bond donors (Lipinski definition) is 2. The van der Waals surface area contributed by atoms with E-state index < -0.39 is 11.6 Å². The average Bonchev–Trinajstić information content (AvgIpc) is 2.68. The van der Waals surface area contributed by atoms with Crippen molar-refractivity contribution >= 4 is 28.4 Å². The van der Waals surface area contributed by atoms with E-state index in [2.05, 4.69) is 20.6 Å². The van der Waals surface area contributed by atoms with Gasteiger partial charge < -0.3 is 5.32 Å². The van der Waals surface area contributed by atoms with Gasteiger partial charge in [0.1, 0.15) is 0 Å². The maximum atomic E-state index is 12.0. The fraction of sp³-hybridized carbons (Fsp3) is 0. The molecule has 0 aliphatic rings. The average molecular weight is 292 g/mol. The highest BCUT2D eigenvalue weighted by Crippen LogP contribution is 2.08. The Morgan fingerprint density at radius 3 is 2.45 bits per heavy atom. The van der Waals surface area contributed by atoms with Gasteiger partial charge in [-0.05, 0) is 18.2 Å². The number of rotatable bonds is 2. The van der Waals surface area contributed by atoms with E-state index in [9.17, 15) is 9.59 Å². The molecule has 0 fully saturated rings. The number of fused-ring (bicyclic) bond motifs is 1. The molecule has 0 radical (unpaired) electrons. The maximum absolute atomic E-state index is 12.0. The zero-order chi connectivity index (χ0) is 15.4. The Hall–Kier alpha value is -3.28. The summed E-state index contributed by atoms with van der Waals surface area (Å²) in [5.41, 5.74) is 0.548. The van der Waals surface area contributed by atoms with Crippen molar-refractivity contribution in [2.45, 2.75) is 0 Å². The van der Waals surface area contributed by atoms with Crippen LogP contribution in [0.2, 0.25) is 0 Å². The van der Waals surface area contributed by atoms with E-state index in [0.717, 1.165) is 5.39 Å². The Kier molecular flexibility index (Phi) is 3.74. The van der Waals surface area contributed by atoms with Crippen LogP contribution in [0.5, 0.6) is 0 Å². The van der Waals surface area contributed by atoms with Crippen molar-refractivity contribution in [2.24, 2.45) is 0 Å². The van der Waals surface area contributed by atoms with Crippen molar-refractivity contribution in [3.8, 4) is 0 Å². The van der Waals surface area contributed by atoms with Gasteiger partial charge in [0.05, 0.1) is 5.52 Å². The molecule has 1 heterocycles. The van der Waals surface area contributed by atoms with Crippen molar-refractivity contribution in [3.63, 3.8) is 0 Å². The lowest BCUT2D eigenvalue weighted by Gasteiger charge is -2.04. The van der Waals surface area contributed by atoms with Crippen molar-refractivity contribution < 1.29 is 4.79 Å². The zero-order valence-electron chi connectivity index (χ0n) is 11.5. The number of para-hydroxylation sites is 2. The summed E-state index contributed by atoms with van der Waals surface area (Å²) in [6, 6.07) is 15.5. The predicted molar refractivity (Wildman–Crippen MR) is 84.9 cm³/mol. The van der Waals surface area contributed by atoms with Crippen LogP contribution in [-0.2, 0) is 0 Å². The Morgan fingerprint density at radius 1 is 0.909 bits per heavy atom. The highest BCUT2D eigenvalue weighted by Gasteiger charge is 2.07. The molecule has 2 aromatic carbocycles. The second-order valence-corrected chi connectivity index (χ2v) is 4.53. The lowest BCUT2D eigenvalue weighted by Crippen LogP contribution is -2.24. The smallest absolute Gasteiger partial charge is 0.308 e. The number of urea groups is 1. The molecule has 0 aliphatic heterocycles. The van der Waals surface area contributed by atoms with E-state index in [1.54, 1.807) is 42.5 Å². The van der Waals surface area contributed by atoms with Crippen molar-refractivity contribution in [1.82, 2.24) is 9.97 Å². The molecule has 0 saturated heterocycles. The second kappa shape index (κ2) is 6.01. The van der Waals surface area contributed by atoms with Gasteiger partial charge in [0.15, 0.2) is 0 Å². The van der Waals surface area contributed by atoms with Crippen LogP contribution in [0.15, 0.2) is 65.6 Å². The molecule has 3 aromatic rings. The molecule has 0 atom stereocenters. The minimum Gasteiger partial charge on any atom is -0.308 e. The number of aromatic nitrogens is 2. The van der Waals surface area contributed by atoms with Gasteiger partial charge in [-0.1, -0.05) is 36.4 Å². The zero-order valence-corrected chi connectivity index (χ0v) is 11.5. The number of nitrogens with one attached hydrogen (secondary N) is 2. The van der Waals surface area contributed by atoms with E-state index in [1.165, 1.54) is 6.20 Å². The molecule has 22 heavy (non-hydrogen) atoms. The molecule has 108 valence electrons. The van der Waals surface area contributed by atoms with Gasteiger partial charge in [-0.25, -0.2) is 14.8 Å². The van der Waals surface area contributed by atoms with Crippen molar-refractivity contribution in [3.05, 3.63) is 71.1 Å². The first-order valence-electron chi connectivity index (χ1n) is 6.61. The highest BCUT2D eigenvalue weighted by molar-refractivity contribution is 5.99. The number of carbonyl (C=O) groups excluding carboxylic acids is 1. The molecule has 6 heteroatoms. The van der Waals surface area contributed by atoms with Gasteiger partial charge in [0.2, 0.25) is 5.82 Å². The van der Waals surface area contributed by atoms with E-state index in [1.807, 2.05) is 12.1 Å². The Labute approximate surface area is 125 Å². The fourth-order valence-electron chi connectivity index (χ4n) is 1.93. The summed E-state index contributed by atoms with van der Waals surface area (Å²) >= 11 is 0. The summed E-state index contributed by atoms with van der Waals surface area (Å²) in [5.74, 6) is -0.121. The normalized spacial score (nSPS) is 10.2. The van der Waals surface area contributed by atoms with Gasteiger partial charge in [-0.2, -0.15) is 0 Å². The molecule has 0 spiro atoms. The van der Waals surface area contributed by atoms with Crippen LogP contribution < -0.4 is 16.2 Å². The topological polar surface area (TPSA) is 84.0 Å². The van der Waals surface area contributed by atoms with Crippen molar-refractivity contribution in [1.29, 1.82) is 0 Å². The van der Waals surface area contributed by atoms with Crippen LogP contribution >= 0.6 is 0 Å². The minimum absolute atomic E-state index is 0.121. The molecule has 2 N–H and O–H groups in total. The number of anilines is 2. The van der Waals surface area contributed by atoms with Crippen LogP contribution in [0.4, 0.5) is 16.3 Å². The Morgan fingerprint density at radius 2 is 1.64 bits per heavy atom. The summed E-state index contributed by atoms with van der Waals surface area (Å²) in [7, 11) is 0. The van der Waals surface area contributed by atoms with Gasteiger partial charge in [0, 0.05) is 17.3 Å². The monoisotopic (exact) mass is 292 g/mol. The van der Waals surface area contributed by atoms with E-state index in [-0.39, 0.29) is 5.82 Å². The molecule has 0 bridgehead atoms. The summed E-state index contributed by atoms with van der Waals surface area (Å²) in [6.07, 6.45) is 1.50. The second-order valence-electron chi connectivity index (χ2n) is 4.53. The summed E-state index contributed by atoms with van der Waals surface area (Å²) in [6.45, 7) is 0. The molecule has 0 unspecified atom stereocenters. The van der Waals surface area contributed by atoms with E-state index in [0.29, 0.717) is 11.2 Å².